The van der Waals surface area contributed by atoms with Crippen LogP contribution in [0.25, 0.3) is 5.57 Å². The Bertz CT molecular complexity index is 1030. The number of hydrogen-bond donors (Lipinski definition) is 4. The van der Waals surface area contributed by atoms with Crippen LogP contribution in [0.3, 0.4) is 0 Å². The van der Waals surface area contributed by atoms with E-state index >= 15 is 0 Å². The molecule has 2 aliphatic rings. The van der Waals surface area contributed by atoms with Crippen LogP contribution < -0.4 is 16.4 Å². The lowest BCUT2D eigenvalue weighted by Gasteiger charge is -2.21. The average molecular weight is 498 g/mol. The Morgan fingerprint density at radius 1 is 1.14 bits per heavy atom. The van der Waals surface area contributed by atoms with E-state index in [0.29, 0.717) is 11.7 Å². The van der Waals surface area contributed by atoms with E-state index in [2.05, 4.69) is 58.5 Å². The van der Waals surface area contributed by atoms with Crippen molar-refractivity contribution in [3.05, 3.63) is 65.1 Å². The number of carbonyl (C=O) groups is 4. The first-order chi connectivity index (χ1) is 16.8. The standard InChI is InChI=1S/C26H31N3O5S/c27-23(30)15-28-26(34)21(11-13-25(32)33)29-24(31)12-8-17-6-9-19(10-7-17)22-14-20(16-35-22)18-4-2-1-3-5-18/h1-6,9-10,16-17,21-22H,7-8,11-15H2,(H2,27,30)(H,28,34)(H,29,31)(H,32,33). The first kappa shape index (κ1) is 26.3. The van der Waals surface area contributed by atoms with Crippen molar-refractivity contribution < 1.29 is 24.3 Å². The molecule has 1 aliphatic carbocycles. The highest BCUT2D eigenvalue weighted by molar-refractivity contribution is 8.03. The molecule has 0 spiro atoms. The van der Waals surface area contributed by atoms with Crippen LogP contribution in [0.4, 0.5) is 0 Å². The molecule has 0 saturated heterocycles. The summed E-state index contributed by atoms with van der Waals surface area (Å²) in [5.74, 6) is -2.53. The van der Waals surface area contributed by atoms with E-state index in [1.54, 1.807) is 0 Å². The van der Waals surface area contributed by atoms with E-state index in [4.69, 9.17) is 10.8 Å². The molecule has 0 fully saturated rings. The molecule has 0 aromatic heterocycles. The number of hydrogen-bond acceptors (Lipinski definition) is 5. The number of aliphatic carboxylic acids is 1. The fourth-order valence-corrected chi connectivity index (χ4v) is 5.21. The summed E-state index contributed by atoms with van der Waals surface area (Å²) >= 11 is 1.84. The minimum absolute atomic E-state index is 0.0703. The molecule has 0 saturated carbocycles. The molecule has 1 aromatic rings. The summed E-state index contributed by atoms with van der Waals surface area (Å²) in [4.78, 5) is 46.5. The molecule has 35 heavy (non-hydrogen) atoms. The first-order valence-corrected chi connectivity index (χ1v) is 12.6. The Labute approximate surface area is 209 Å². The number of primary amides is 1. The molecule has 0 bridgehead atoms. The van der Waals surface area contributed by atoms with Crippen LogP contribution in [0, 0.1) is 5.92 Å². The Hall–Kier alpha value is -3.33. The van der Waals surface area contributed by atoms with Gasteiger partial charge in [-0.05, 0) is 53.7 Å². The minimum atomic E-state index is -1.08. The quantitative estimate of drug-likeness (QED) is 0.350. The summed E-state index contributed by atoms with van der Waals surface area (Å²) in [5, 5.41) is 16.5. The lowest BCUT2D eigenvalue weighted by Crippen LogP contribution is -2.48. The van der Waals surface area contributed by atoms with Gasteiger partial charge in [0.1, 0.15) is 6.04 Å². The fourth-order valence-electron chi connectivity index (χ4n) is 4.05. The molecule has 3 atom stereocenters. The van der Waals surface area contributed by atoms with Crippen LogP contribution in [-0.4, -0.2) is 46.6 Å². The van der Waals surface area contributed by atoms with Gasteiger partial charge >= 0.3 is 5.97 Å². The predicted octanol–water partition coefficient (Wildman–Crippen LogP) is 2.77. The van der Waals surface area contributed by atoms with Crippen molar-refractivity contribution >= 4 is 41.0 Å². The third-order valence-electron chi connectivity index (χ3n) is 5.99. The number of amides is 3. The van der Waals surface area contributed by atoms with Gasteiger partial charge in [-0.25, -0.2) is 0 Å². The smallest absolute Gasteiger partial charge is 0.303 e. The Balaban J connectivity index is 1.44. The van der Waals surface area contributed by atoms with E-state index in [-0.39, 0.29) is 37.6 Å². The highest BCUT2D eigenvalue weighted by Crippen LogP contribution is 2.41. The second-order valence-corrected chi connectivity index (χ2v) is 9.75. The number of carboxylic acids is 1. The Kier molecular flexibility index (Phi) is 9.72. The maximum Gasteiger partial charge on any atom is 0.303 e. The molecule has 0 radical (unpaired) electrons. The first-order valence-electron chi connectivity index (χ1n) is 11.7. The van der Waals surface area contributed by atoms with Gasteiger partial charge < -0.3 is 21.5 Å². The summed E-state index contributed by atoms with van der Waals surface area (Å²) in [6.07, 6.45) is 8.85. The van der Waals surface area contributed by atoms with E-state index < -0.39 is 23.8 Å². The third-order valence-corrected chi connectivity index (χ3v) is 7.18. The number of nitrogens with one attached hydrogen (secondary N) is 2. The molecule has 3 rings (SSSR count). The molecule has 9 heteroatoms. The van der Waals surface area contributed by atoms with Crippen molar-refractivity contribution in [3.8, 4) is 0 Å². The molecule has 1 aromatic carbocycles. The Morgan fingerprint density at radius 2 is 1.91 bits per heavy atom. The largest absolute Gasteiger partial charge is 0.481 e. The van der Waals surface area contributed by atoms with E-state index in [9.17, 15) is 19.2 Å². The van der Waals surface area contributed by atoms with E-state index in [1.165, 1.54) is 16.7 Å². The van der Waals surface area contributed by atoms with Crippen LogP contribution in [0.2, 0.25) is 0 Å². The number of carboxylic acid groups (broad SMARTS) is 1. The van der Waals surface area contributed by atoms with Crippen molar-refractivity contribution in [1.82, 2.24) is 10.6 Å². The van der Waals surface area contributed by atoms with Crippen molar-refractivity contribution in [3.63, 3.8) is 0 Å². The summed E-state index contributed by atoms with van der Waals surface area (Å²) < 4.78 is 0. The Morgan fingerprint density at radius 3 is 2.57 bits per heavy atom. The van der Waals surface area contributed by atoms with Crippen molar-refractivity contribution in [2.24, 2.45) is 11.7 Å². The van der Waals surface area contributed by atoms with Crippen LogP contribution >= 0.6 is 11.8 Å². The highest BCUT2D eigenvalue weighted by atomic mass is 32.2. The average Bonchev–Trinajstić information content (AvgIpc) is 3.35. The molecule has 8 nitrogen and oxygen atoms in total. The van der Waals surface area contributed by atoms with Crippen molar-refractivity contribution in [2.45, 2.75) is 49.8 Å². The second-order valence-electron chi connectivity index (χ2n) is 8.67. The number of nitrogens with two attached hydrogens (primary N) is 1. The topological polar surface area (TPSA) is 139 Å². The predicted molar refractivity (Wildman–Crippen MR) is 136 cm³/mol. The summed E-state index contributed by atoms with van der Waals surface area (Å²) in [5.41, 5.74) is 8.94. The summed E-state index contributed by atoms with van der Waals surface area (Å²) in [6, 6.07) is 9.36. The second kappa shape index (κ2) is 12.9. The number of thioether (sulfide) groups is 1. The molecule has 3 amide bonds. The maximum atomic E-state index is 12.4. The zero-order valence-electron chi connectivity index (χ0n) is 19.4. The molecule has 1 heterocycles. The van der Waals surface area contributed by atoms with Gasteiger partial charge in [0.05, 0.1) is 6.54 Å². The SMILES string of the molecule is NC(=O)CNC(=O)C(CCC(=O)O)NC(=O)CCC1C=CC(C2CC(c3ccccc3)=CS2)=CC1. The number of carbonyl (C=O) groups excluding carboxylic acids is 3. The summed E-state index contributed by atoms with van der Waals surface area (Å²) in [6.45, 7) is -0.374. The van der Waals surface area contributed by atoms with E-state index in [1.807, 2.05) is 17.8 Å². The molecule has 5 N–H and O–H groups in total. The molecule has 186 valence electrons. The fraction of sp³-hybridized carbons (Fsp3) is 0.385. The van der Waals surface area contributed by atoms with Gasteiger partial charge in [0.2, 0.25) is 17.7 Å². The molecule has 3 unspecified atom stereocenters. The van der Waals surface area contributed by atoms with Gasteiger partial charge in [0.25, 0.3) is 0 Å². The third kappa shape index (κ3) is 8.43. The zero-order chi connectivity index (χ0) is 25.2. The molecule has 1 aliphatic heterocycles. The van der Waals surface area contributed by atoms with Gasteiger partial charge in [-0.1, -0.05) is 48.6 Å². The maximum absolute atomic E-state index is 12.4. The molecular weight excluding hydrogens is 466 g/mol. The monoisotopic (exact) mass is 497 g/mol. The van der Waals surface area contributed by atoms with Gasteiger partial charge in [0, 0.05) is 18.1 Å². The number of benzene rings is 1. The minimum Gasteiger partial charge on any atom is -0.481 e. The van der Waals surface area contributed by atoms with Crippen LogP contribution in [-0.2, 0) is 19.2 Å². The van der Waals surface area contributed by atoms with Gasteiger partial charge in [-0.2, -0.15) is 0 Å². The summed E-state index contributed by atoms with van der Waals surface area (Å²) in [7, 11) is 0. The highest BCUT2D eigenvalue weighted by Gasteiger charge is 2.24. The van der Waals surface area contributed by atoms with Crippen LogP contribution in [0.5, 0.6) is 0 Å². The zero-order valence-corrected chi connectivity index (χ0v) is 20.3. The lowest BCUT2D eigenvalue weighted by atomic mass is 9.90. The van der Waals surface area contributed by atoms with E-state index in [0.717, 1.165) is 12.8 Å². The number of rotatable bonds is 12. The van der Waals surface area contributed by atoms with Gasteiger partial charge in [-0.15, -0.1) is 11.8 Å². The van der Waals surface area contributed by atoms with Crippen LogP contribution in [0.1, 0.15) is 44.1 Å². The lowest BCUT2D eigenvalue weighted by molar-refractivity contribution is -0.138. The number of allylic oxidation sites excluding steroid dienone is 4. The van der Waals surface area contributed by atoms with Crippen molar-refractivity contribution in [2.75, 3.05) is 6.54 Å². The normalized spacial score (nSPS) is 19.9. The van der Waals surface area contributed by atoms with Crippen molar-refractivity contribution in [1.29, 1.82) is 0 Å². The molecular formula is C26H31N3O5S. The van der Waals surface area contributed by atoms with Crippen LogP contribution in [0.15, 0.2) is 59.5 Å². The van der Waals surface area contributed by atoms with Gasteiger partial charge in [0.15, 0.2) is 0 Å². The van der Waals surface area contributed by atoms with Gasteiger partial charge in [-0.3, -0.25) is 19.2 Å².